The maximum atomic E-state index is 10.9. The largest absolute Gasteiger partial charge is 0.478 e. The summed E-state index contributed by atoms with van der Waals surface area (Å²) < 4.78 is 0. The van der Waals surface area contributed by atoms with Crippen LogP contribution < -0.4 is 5.73 Å². The molecule has 0 aliphatic rings. The minimum Gasteiger partial charge on any atom is -0.478 e. The fourth-order valence-corrected chi connectivity index (χ4v) is 1.18. The Morgan fingerprint density at radius 3 is 2.06 bits per heavy atom. The molecule has 0 aliphatic carbocycles. The average molecular weight is 237 g/mol. The van der Waals surface area contributed by atoms with E-state index in [9.17, 15) is 9.59 Å². The minimum absolute atomic E-state index is 0.0719. The average Bonchev–Trinajstić information content (AvgIpc) is 2.32. The lowest BCUT2D eigenvalue weighted by molar-refractivity contribution is -0.118. The van der Waals surface area contributed by atoms with Crippen LogP contribution in [0.1, 0.15) is 36.7 Å². The molecular weight excluding hydrogens is 218 g/mol. The lowest BCUT2D eigenvalue weighted by Crippen LogP contribution is -2.30. The van der Waals surface area contributed by atoms with E-state index in [1.54, 1.807) is 12.1 Å². The molecule has 0 saturated heterocycles. The van der Waals surface area contributed by atoms with Crippen LogP contribution in [0.15, 0.2) is 24.3 Å². The summed E-state index contributed by atoms with van der Waals surface area (Å²) in [5.41, 5.74) is 6.68. The van der Waals surface area contributed by atoms with E-state index in [0.717, 1.165) is 5.56 Å². The van der Waals surface area contributed by atoms with Crippen molar-refractivity contribution in [1.82, 2.24) is 0 Å². The van der Waals surface area contributed by atoms with Crippen LogP contribution in [0.5, 0.6) is 0 Å². The Labute approximate surface area is 101 Å². The zero-order chi connectivity index (χ0) is 13.4. The molecule has 0 aromatic heterocycles. The van der Waals surface area contributed by atoms with Gasteiger partial charge in [0.05, 0.1) is 11.6 Å². The van der Waals surface area contributed by atoms with E-state index in [4.69, 9.17) is 10.8 Å². The number of hydrogen-bond donors (Lipinski definition) is 2. The Kier molecular flexibility index (Phi) is 6.82. The van der Waals surface area contributed by atoms with E-state index in [1.807, 2.05) is 13.8 Å². The normalized spacial score (nSPS) is 11.1. The standard InChI is InChI=1S/C11H13NO3.C2H6/c1-7(13)10(12)6-8-2-4-9(5-3-8)11(14)15;1-2/h2-5,10H,6,12H2,1H3,(H,14,15);1-2H3. The Bertz CT molecular complexity index is 371. The van der Waals surface area contributed by atoms with Gasteiger partial charge in [-0.15, -0.1) is 0 Å². The van der Waals surface area contributed by atoms with Crippen molar-refractivity contribution in [3.05, 3.63) is 35.4 Å². The van der Waals surface area contributed by atoms with Crippen LogP contribution in [0.3, 0.4) is 0 Å². The highest BCUT2D eigenvalue weighted by Crippen LogP contribution is 2.06. The molecule has 1 rings (SSSR count). The van der Waals surface area contributed by atoms with Gasteiger partial charge in [0, 0.05) is 0 Å². The summed E-state index contributed by atoms with van der Waals surface area (Å²) in [7, 11) is 0. The predicted octanol–water partition coefficient (Wildman–Crippen LogP) is 1.87. The van der Waals surface area contributed by atoms with Crippen molar-refractivity contribution in [3.63, 3.8) is 0 Å². The molecule has 94 valence electrons. The van der Waals surface area contributed by atoms with Gasteiger partial charge in [-0.1, -0.05) is 26.0 Å². The third kappa shape index (κ3) is 5.26. The first-order valence-electron chi connectivity index (χ1n) is 5.59. The number of aromatic carboxylic acids is 1. The second-order valence-electron chi connectivity index (χ2n) is 3.42. The molecule has 1 aromatic carbocycles. The van der Waals surface area contributed by atoms with Gasteiger partial charge in [0.2, 0.25) is 0 Å². The summed E-state index contributed by atoms with van der Waals surface area (Å²) in [6, 6.07) is 5.84. The lowest BCUT2D eigenvalue weighted by Gasteiger charge is -2.07. The van der Waals surface area contributed by atoms with Crippen LogP contribution in [0, 0.1) is 0 Å². The third-order valence-corrected chi connectivity index (χ3v) is 2.18. The molecule has 0 aliphatic heterocycles. The fraction of sp³-hybridized carbons (Fsp3) is 0.385. The maximum Gasteiger partial charge on any atom is 0.335 e. The molecule has 17 heavy (non-hydrogen) atoms. The van der Waals surface area contributed by atoms with E-state index in [2.05, 4.69) is 0 Å². The summed E-state index contributed by atoms with van der Waals surface area (Å²) in [6.45, 7) is 5.44. The monoisotopic (exact) mass is 237 g/mol. The van der Waals surface area contributed by atoms with Crippen LogP contribution in [-0.2, 0) is 11.2 Å². The van der Waals surface area contributed by atoms with Crippen LogP contribution >= 0.6 is 0 Å². The van der Waals surface area contributed by atoms with Gasteiger partial charge in [-0.2, -0.15) is 0 Å². The number of nitrogens with two attached hydrogens (primary N) is 1. The van der Waals surface area contributed by atoms with E-state index >= 15 is 0 Å². The van der Waals surface area contributed by atoms with Crippen LogP contribution in [-0.4, -0.2) is 22.9 Å². The van der Waals surface area contributed by atoms with Gasteiger partial charge in [-0.05, 0) is 31.0 Å². The number of hydrogen-bond acceptors (Lipinski definition) is 3. The van der Waals surface area contributed by atoms with Crippen LogP contribution in [0.25, 0.3) is 0 Å². The Balaban J connectivity index is 0.00000121. The SMILES string of the molecule is CC.CC(=O)C(N)Cc1ccc(C(=O)O)cc1. The van der Waals surface area contributed by atoms with E-state index in [-0.39, 0.29) is 11.3 Å². The maximum absolute atomic E-state index is 10.9. The van der Waals surface area contributed by atoms with Crippen molar-refractivity contribution in [2.75, 3.05) is 0 Å². The van der Waals surface area contributed by atoms with Crippen molar-refractivity contribution in [3.8, 4) is 0 Å². The summed E-state index contributed by atoms with van der Waals surface area (Å²) >= 11 is 0. The highest BCUT2D eigenvalue weighted by molar-refractivity contribution is 5.87. The smallest absolute Gasteiger partial charge is 0.335 e. The van der Waals surface area contributed by atoms with Gasteiger partial charge in [0.15, 0.2) is 0 Å². The second-order valence-corrected chi connectivity index (χ2v) is 3.42. The molecule has 0 amide bonds. The number of carbonyl (C=O) groups excluding carboxylic acids is 1. The third-order valence-electron chi connectivity index (χ3n) is 2.18. The molecule has 0 radical (unpaired) electrons. The molecule has 3 N–H and O–H groups in total. The van der Waals surface area contributed by atoms with Gasteiger partial charge in [0.25, 0.3) is 0 Å². The highest BCUT2D eigenvalue weighted by Gasteiger charge is 2.09. The molecule has 0 fully saturated rings. The van der Waals surface area contributed by atoms with E-state index in [0.29, 0.717) is 6.42 Å². The molecule has 1 atom stereocenters. The Morgan fingerprint density at radius 2 is 1.71 bits per heavy atom. The number of rotatable bonds is 4. The Hall–Kier alpha value is -1.68. The second kappa shape index (κ2) is 7.57. The molecule has 0 heterocycles. The molecule has 1 aromatic rings. The number of carboxylic acids is 1. The first-order chi connectivity index (χ1) is 8.00. The van der Waals surface area contributed by atoms with Crippen molar-refractivity contribution in [1.29, 1.82) is 0 Å². The molecule has 0 bridgehead atoms. The predicted molar refractivity (Wildman–Crippen MR) is 67.1 cm³/mol. The van der Waals surface area contributed by atoms with Crippen molar-refractivity contribution < 1.29 is 14.7 Å². The van der Waals surface area contributed by atoms with Crippen molar-refractivity contribution in [2.24, 2.45) is 5.73 Å². The number of carbonyl (C=O) groups is 2. The zero-order valence-corrected chi connectivity index (χ0v) is 10.4. The molecule has 0 spiro atoms. The van der Waals surface area contributed by atoms with Gasteiger partial charge in [-0.25, -0.2) is 4.79 Å². The summed E-state index contributed by atoms with van der Waals surface area (Å²) in [5.74, 6) is -1.03. The van der Waals surface area contributed by atoms with Gasteiger partial charge in [0.1, 0.15) is 5.78 Å². The quantitative estimate of drug-likeness (QED) is 0.837. The molecule has 4 heteroatoms. The number of Topliss-reactive ketones (excluding diaryl/α,β-unsaturated/α-hetero) is 1. The first-order valence-corrected chi connectivity index (χ1v) is 5.59. The van der Waals surface area contributed by atoms with Crippen LogP contribution in [0.4, 0.5) is 0 Å². The zero-order valence-electron chi connectivity index (χ0n) is 10.4. The van der Waals surface area contributed by atoms with Crippen molar-refractivity contribution in [2.45, 2.75) is 33.2 Å². The molecule has 0 saturated carbocycles. The van der Waals surface area contributed by atoms with Crippen molar-refractivity contribution >= 4 is 11.8 Å². The van der Waals surface area contributed by atoms with Gasteiger partial charge < -0.3 is 10.8 Å². The lowest BCUT2D eigenvalue weighted by atomic mass is 10.0. The summed E-state index contributed by atoms with van der Waals surface area (Å²) in [4.78, 5) is 21.5. The van der Waals surface area contributed by atoms with E-state index in [1.165, 1.54) is 19.1 Å². The number of carboxylic acid groups (broad SMARTS) is 1. The minimum atomic E-state index is -0.961. The van der Waals surface area contributed by atoms with E-state index < -0.39 is 12.0 Å². The van der Waals surface area contributed by atoms with Crippen LogP contribution in [0.2, 0.25) is 0 Å². The first kappa shape index (κ1) is 15.3. The molecular formula is C13H19NO3. The molecule has 1 unspecified atom stereocenters. The number of benzene rings is 1. The topological polar surface area (TPSA) is 80.4 Å². The Morgan fingerprint density at radius 1 is 1.24 bits per heavy atom. The van der Waals surface area contributed by atoms with Gasteiger partial charge >= 0.3 is 5.97 Å². The molecule has 4 nitrogen and oxygen atoms in total. The summed E-state index contributed by atoms with van der Waals surface area (Å²) in [5, 5.41) is 8.67. The summed E-state index contributed by atoms with van der Waals surface area (Å²) in [6.07, 6.45) is 0.440. The highest BCUT2D eigenvalue weighted by atomic mass is 16.4. The number of ketones is 1. The van der Waals surface area contributed by atoms with Gasteiger partial charge in [-0.3, -0.25) is 4.79 Å². The fourth-order valence-electron chi connectivity index (χ4n) is 1.18.